The van der Waals surface area contributed by atoms with Crippen LogP contribution in [-0.2, 0) is 9.47 Å². The van der Waals surface area contributed by atoms with Crippen molar-refractivity contribution < 1.29 is 19.4 Å². The minimum Gasteiger partial charge on any atom is -0.390 e. The third-order valence-electron chi connectivity index (χ3n) is 7.20. The lowest BCUT2D eigenvalue weighted by Crippen LogP contribution is -2.49. The quantitative estimate of drug-likeness (QED) is 0.281. The van der Waals surface area contributed by atoms with Crippen LogP contribution in [-0.4, -0.2) is 51.0 Å². The van der Waals surface area contributed by atoms with Crippen LogP contribution in [0.3, 0.4) is 0 Å². The van der Waals surface area contributed by atoms with Gasteiger partial charge in [0, 0.05) is 17.2 Å². The molecule has 1 aromatic heterocycles. The van der Waals surface area contributed by atoms with E-state index in [0.29, 0.717) is 17.9 Å². The summed E-state index contributed by atoms with van der Waals surface area (Å²) in [6, 6.07) is 16.3. The fourth-order valence-corrected chi connectivity index (χ4v) is 5.71. The molecule has 0 unspecified atom stereocenters. The number of carbonyl (C=O) groups is 1. The Morgan fingerprint density at radius 2 is 1.67 bits per heavy atom. The van der Waals surface area contributed by atoms with Gasteiger partial charge >= 0.3 is 6.03 Å². The number of nitrogens with one attached hydrogen (secondary N) is 1. The summed E-state index contributed by atoms with van der Waals surface area (Å²) in [6.07, 6.45) is -2.06. The van der Waals surface area contributed by atoms with Gasteiger partial charge < -0.3 is 14.6 Å². The molecule has 0 radical (unpaired) electrons. The van der Waals surface area contributed by atoms with E-state index >= 15 is 0 Å². The van der Waals surface area contributed by atoms with E-state index in [4.69, 9.17) is 19.4 Å². The van der Waals surface area contributed by atoms with Crippen LogP contribution in [0.2, 0.25) is 0 Å². The molecule has 5 aromatic rings. The van der Waals surface area contributed by atoms with Crippen molar-refractivity contribution in [1.29, 1.82) is 0 Å². The number of hydrogen-bond acceptors (Lipinski definition) is 6. The van der Waals surface area contributed by atoms with Gasteiger partial charge in [-0.05, 0) is 21.5 Å². The maximum absolute atomic E-state index is 13.1. The topological polar surface area (TPSA) is 96.8 Å². The zero-order valence-electron chi connectivity index (χ0n) is 17.4. The second-order valence-electron chi connectivity index (χ2n) is 8.98. The van der Waals surface area contributed by atoms with Crippen LogP contribution in [0.25, 0.3) is 43.4 Å². The SMILES string of the molecule is O=C1Nc2nc3c4cccc5ccc6cccc(c3nc2[C@@H]2OC[C@H]3O[C@H](C[C@@H]3O)N12)c6c54. The van der Waals surface area contributed by atoms with Gasteiger partial charge in [0.05, 0.1) is 23.7 Å². The van der Waals surface area contributed by atoms with Crippen LogP contribution in [0, 0.1) is 0 Å². The highest BCUT2D eigenvalue weighted by Crippen LogP contribution is 2.44. The zero-order chi connectivity index (χ0) is 21.8. The maximum atomic E-state index is 13.1. The highest BCUT2D eigenvalue weighted by atomic mass is 16.6. The lowest BCUT2D eigenvalue weighted by molar-refractivity contribution is -0.0702. The summed E-state index contributed by atoms with van der Waals surface area (Å²) < 4.78 is 12.0. The second kappa shape index (κ2) is 6.05. The Bertz CT molecular complexity index is 1640. The van der Waals surface area contributed by atoms with Crippen molar-refractivity contribution in [2.45, 2.75) is 31.1 Å². The van der Waals surface area contributed by atoms with Gasteiger partial charge in [-0.15, -0.1) is 0 Å². The van der Waals surface area contributed by atoms with Crippen molar-refractivity contribution >= 4 is 55.2 Å². The molecular formula is C25H18N4O4. The van der Waals surface area contributed by atoms with Gasteiger partial charge in [0.15, 0.2) is 12.0 Å². The Balaban J connectivity index is 1.45. The number of ether oxygens (including phenoxy) is 2. The molecule has 0 aliphatic carbocycles. The zero-order valence-corrected chi connectivity index (χ0v) is 17.4. The minimum absolute atomic E-state index is 0.183. The highest BCUT2D eigenvalue weighted by Gasteiger charge is 2.49. The standard InChI is InChI=1S/C25H18N4O4/c30-15-9-17-29-24(32-10-16(15)33-17)22-23(28-25(29)31)27-21-14-6-2-4-12-8-7-11-3-1-5-13(20(21)26-22)18(11)19(12)14/h1-8,15-17,24,30H,9-10H2,(H,27,28,31)/t15-,16+,17+,24-/m0/s1. The molecule has 33 heavy (non-hydrogen) atoms. The fourth-order valence-electron chi connectivity index (χ4n) is 5.71. The Morgan fingerprint density at radius 1 is 0.970 bits per heavy atom. The van der Waals surface area contributed by atoms with E-state index in [9.17, 15) is 9.90 Å². The fraction of sp³-hybridized carbons (Fsp3) is 0.240. The molecule has 8 nitrogen and oxygen atoms in total. The van der Waals surface area contributed by atoms with Crippen LogP contribution in [0.5, 0.6) is 0 Å². The molecule has 3 aliphatic rings. The number of fused-ring (bicyclic) bond motifs is 9. The van der Waals surface area contributed by atoms with Crippen LogP contribution in [0.1, 0.15) is 18.3 Å². The molecule has 2 bridgehead atoms. The molecule has 8 rings (SSSR count). The van der Waals surface area contributed by atoms with Crippen LogP contribution < -0.4 is 5.32 Å². The average Bonchev–Trinajstić information content (AvgIpc) is 3.07. The summed E-state index contributed by atoms with van der Waals surface area (Å²) in [5, 5.41) is 19.7. The molecule has 4 atom stereocenters. The molecule has 162 valence electrons. The molecular weight excluding hydrogens is 420 g/mol. The summed E-state index contributed by atoms with van der Waals surface area (Å²) in [7, 11) is 0. The van der Waals surface area contributed by atoms with Gasteiger partial charge in [0.2, 0.25) is 0 Å². The average molecular weight is 438 g/mol. The summed E-state index contributed by atoms with van der Waals surface area (Å²) in [5.74, 6) is 0.405. The molecule has 2 N–H and O–H groups in total. The van der Waals surface area contributed by atoms with Crippen molar-refractivity contribution in [1.82, 2.24) is 14.9 Å². The van der Waals surface area contributed by atoms with E-state index in [0.717, 1.165) is 43.4 Å². The predicted octanol–water partition coefficient (Wildman–Crippen LogP) is 3.88. The van der Waals surface area contributed by atoms with Crippen molar-refractivity contribution in [3.63, 3.8) is 0 Å². The number of aliphatic hydroxyl groups is 1. The van der Waals surface area contributed by atoms with Gasteiger partial charge in [0.1, 0.15) is 18.0 Å². The van der Waals surface area contributed by atoms with E-state index < -0.39 is 24.7 Å². The number of aromatic nitrogens is 2. The number of nitrogens with zero attached hydrogens (tertiary/aromatic N) is 3. The highest BCUT2D eigenvalue weighted by molar-refractivity contribution is 6.32. The number of rotatable bonds is 0. The first-order valence-corrected chi connectivity index (χ1v) is 11.1. The number of anilines is 1. The van der Waals surface area contributed by atoms with E-state index in [2.05, 4.69) is 41.7 Å². The van der Waals surface area contributed by atoms with E-state index in [1.165, 1.54) is 4.90 Å². The number of amides is 2. The Labute approximate surface area is 187 Å². The van der Waals surface area contributed by atoms with E-state index in [1.807, 2.05) is 12.1 Å². The minimum atomic E-state index is -0.721. The van der Waals surface area contributed by atoms with Crippen LogP contribution in [0.4, 0.5) is 10.6 Å². The molecule has 2 saturated heterocycles. The van der Waals surface area contributed by atoms with Crippen molar-refractivity contribution in [2.24, 2.45) is 0 Å². The Hall–Kier alpha value is -3.59. The molecule has 2 amide bonds. The molecule has 2 fully saturated rings. The van der Waals surface area contributed by atoms with E-state index in [-0.39, 0.29) is 12.6 Å². The van der Waals surface area contributed by atoms with Gasteiger partial charge in [0.25, 0.3) is 0 Å². The first-order valence-electron chi connectivity index (χ1n) is 11.1. The van der Waals surface area contributed by atoms with Crippen LogP contribution >= 0.6 is 0 Å². The lowest BCUT2D eigenvalue weighted by atomic mass is 9.93. The molecule has 4 heterocycles. The predicted molar refractivity (Wildman–Crippen MR) is 122 cm³/mol. The second-order valence-corrected chi connectivity index (χ2v) is 8.98. The van der Waals surface area contributed by atoms with Crippen LogP contribution in [0.15, 0.2) is 48.5 Å². The maximum Gasteiger partial charge on any atom is 0.327 e. The summed E-state index contributed by atoms with van der Waals surface area (Å²) in [5.41, 5.74) is 2.09. The Morgan fingerprint density at radius 3 is 2.39 bits per heavy atom. The summed E-state index contributed by atoms with van der Waals surface area (Å²) >= 11 is 0. The first kappa shape index (κ1) is 17.9. The normalized spacial score (nSPS) is 26.7. The molecule has 0 saturated carbocycles. The monoisotopic (exact) mass is 438 g/mol. The van der Waals surface area contributed by atoms with Crippen molar-refractivity contribution in [3.8, 4) is 0 Å². The van der Waals surface area contributed by atoms with Gasteiger partial charge in [-0.2, -0.15) is 0 Å². The number of carbonyl (C=O) groups excluding carboxylic acids is 1. The number of benzene rings is 4. The number of urea groups is 1. The molecule has 3 aliphatic heterocycles. The Kier molecular flexibility index (Phi) is 3.28. The van der Waals surface area contributed by atoms with Gasteiger partial charge in [-0.1, -0.05) is 48.5 Å². The summed E-state index contributed by atoms with van der Waals surface area (Å²) in [4.78, 5) is 24.5. The van der Waals surface area contributed by atoms with Gasteiger partial charge in [-0.3, -0.25) is 10.2 Å². The summed E-state index contributed by atoms with van der Waals surface area (Å²) in [6.45, 7) is 0.183. The van der Waals surface area contributed by atoms with E-state index in [1.54, 1.807) is 0 Å². The molecule has 0 spiro atoms. The van der Waals surface area contributed by atoms with Gasteiger partial charge in [-0.25, -0.2) is 14.8 Å². The largest absolute Gasteiger partial charge is 0.390 e. The number of hydrogen-bond donors (Lipinski definition) is 2. The molecule has 8 heteroatoms. The first-order chi connectivity index (χ1) is 16.2. The van der Waals surface area contributed by atoms with Crippen molar-refractivity contribution in [3.05, 3.63) is 54.2 Å². The molecule has 4 aromatic carbocycles. The number of aliphatic hydroxyl groups excluding tert-OH is 1. The smallest absolute Gasteiger partial charge is 0.327 e. The van der Waals surface area contributed by atoms with Crippen molar-refractivity contribution in [2.75, 3.05) is 11.9 Å². The third-order valence-corrected chi connectivity index (χ3v) is 7.20. The lowest BCUT2D eigenvalue weighted by Gasteiger charge is -2.37. The third kappa shape index (κ3) is 2.22.